The fraction of sp³-hybridized carbons (Fsp3) is 0.364. The number of amides is 2. The van der Waals surface area contributed by atoms with Gasteiger partial charge in [-0.3, -0.25) is 9.59 Å². The Hall–Kier alpha value is -3.21. The summed E-state index contributed by atoms with van der Waals surface area (Å²) in [6, 6.07) is 8.15. The second kappa shape index (κ2) is 9.34. The van der Waals surface area contributed by atoms with Gasteiger partial charge in [0, 0.05) is 12.1 Å². The second-order valence-electron chi connectivity index (χ2n) is 8.31. The van der Waals surface area contributed by atoms with E-state index in [1.54, 1.807) is 24.4 Å². The minimum atomic E-state index is -4.53. The van der Waals surface area contributed by atoms with Gasteiger partial charge < -0.3 is 10.2 Å². The van der Waals surface area contributed by atoms with E-state index in [9.17, 15) is 22.8 Å². The molecule has 0 fully saturated rings. The average Bonchev–Trinajstić information content (AvgIpc) is 3.39. The zero-order valence-electron chi connectivity index (χ0n) is 18.6. The molecule has 11 heteroatoms. The topological polar surface area (TPSA) is 80.1 Å². The first-order valence-electron chi connectivity index (χ1n) is 10.2. The molecule has 0 aliphatic heterocycles. The first-order valence-corrected chi connectivity index (χ1v) is 11.1. The number of thiophene rings is 1. The lowest BCUT2D eigenvalue weighted by Crippen LogP contribution is -2.47. The third-order valence-corrected chi connectivity index (χ3v) is 5.34. The number of rotatable bonds is 6. The zero-order chi connectivity index (χ0) is 24.4. The Balaban J connectivity index is 1.99. The molecular weight excluding hydrogens is 455 g/mol. The summed E-state index contributed by atoms with van der Waals surface area (Å²) in [5.41, 5.74) is -1.18. The van der Waals surface area contributed by atoms with Gasteiger partial charge in [-0.05, 0) is 57.3 Å². The molecule has 0 spiro atoms. The number of carbonyl (C=O) groups is 2. The van der Waals surface area contributed by atoms with Gasteiger partial charge in [0.05, 0.1) is 22.7 Å². The highest BCUT2D eigenvalue weighted by Crippen LogP contribution is 2.32. The molecule has 7 nitrogen and oxygen atoms in total. The number of nitrogens with one attached hydrogen (secondary N) is 1. The van der Waals surface area contributed by atoms with E-state index in [-0.39, 0.29) is 36.3 Å². The smallest absolute Gasteiger partial charge is 0.350 e. The first-order chi connectivity index (χ1) is 15.4. The third-order valence-electron chi connectivity index (χ3n) is 4.48. The molecule has 1 N–H and O–H groups in total. The molecular formula is C22H24F3N5O2S. The summed E-state index contributed by atoms with van der Waals surface area (Å²) in [5.74, 6) is -0.900. The van der Waals surface area contributed by atoms with Crippen LogP contribution in [0.4, 0.5) is 13.2 Å². The van der Waals surface area contributed by atoms with Crippen LogP contribution >= 0.6 is 11.3 Å². The molecule has 33 heavy (non-hydrogen) atoms. The SMILES string of the molecule is CCN(CC(=O)NC(C)(C)C)C(=O)c1nc(-c2cccs2)n(-c2cccc(C(F)(F)F)c2)n1. The van der Waals surface area contributed by atoms with Crippen LogP contribution < -0.4 is 5.32 Å². The van der Waals surface area contributed by atoms with Gasteiger partial charge in [-0.15, -0.1) is 16.4 Å². The van der Waals surface area contributed by atoms with Crippen molar-refractivity contribution in [2.75, 3.05) is 13.1 Å². The molecule has 176 valence electrons. The van der Waals surface area contributed by atoms with E-state index in [1.165, 1.54) is 33.1 Å². The molecule has 2 aromatic heterocycles. The van der Waals surface area contributed by atoms with Gasteiger partial charge in [-0.2, -0.15) is 13.2 Å². The number of benzene rings is 1. The van der Waals surface area contributed by atoms with E-state index >= 15 is 0 Å². The monoisotopic (exact) mass is 479 g/mol. The highest BCUT2D eigenvalue weighted by Gasteiger charge is 2.31. The molecule has 3 rings (SSSR count). The normalized spacial score (nSPS) is 12.0. The van der Waals surface area contributed by atoms with Crippen molar-refractivity contribution in [2.24, 2.45) is 0 Å². The van der Waals surface area contributed by atoms with Gasteiger partial charge in [0.25, 0.3) is 5.91 Å². The number of halogens is 3. The van der Waals surface area contributed by atoms with Gasteiger partial charge in [0.15, 0.2) is 5.82 Å². The van der Waals surface area contributed by atoms with E-state index in [0.29, 0.717) is 4.88 Å². The van der Waals surface area contributed by atoms with Crippen molar-refractivity contribution in [3.8, 4) is 16.4 Å². The summed E-state index contributed by atoms with van der Waals surface area (Å²) >= 11 is 1.32. The van der Waals surface area contributed by atoms with Crippen LogP contribution in [0.5, 0.6) is 0 Å². The molecule has 0 saturated heterocycles. The summed E-state index contributed by atoms with van der Waals surface area (Å²) in [6.45, 7) is 7.23. The molecule has 3 aromatic rings. The van der Waals surface area contributed by atoms with Gasteiger partial charge in [0.1, 0.15) is 0 Å². The molecule has 1 aromatic carbocycles. The molecule has 0 saturated carbocycles. The van der Waals surface area contributed by atoms with Crippen LogP contribution in [0.2, 0.25) is 0 Å². The van der Waals surface area contributed by atoms with Crippen LogP contribution in [0.15, 0.2) is 41.8 Å². The van der Waals surface area contributed by atoms with E-state index in [2.05, 4.69) is 15.4 Å². The predicted octanol–water partition coefficient (Wildman–Crippen LogP) is 4.39. The van der Waals surface area contributed by atoms with Crippen molar-refractivity contribution in [2.45, 2.75) is 39.4 Å². The lowest BCUT2D eigenvalue weighted by Gasteiger charge is -2.24. The maximum atomic E-state index is 13.2. The van der Waals surface area contributed by atoms with Crippen molar-refractivity contribution in [3.63, 3.8) is 0 Å². The quantitative estimate of drug-likeness (QED) is 0.569. The average molecular weight is 480 g/mol. The van der Waals surface area contributed by atoms with Crippen LogP contribution in [-0.2, 0) is 11.0 Å². The van der Waals surface area contributed by atoms with Crippen molar-refractivity contribution in [1.29, 1.82) is 0 Å². The van der Waals surface area contributed by atoms with Crippen LogP contribution in [0, 0.1) is 0 Å². The van der Waals surface area contributed by atoms with E-state index in [0.717, 1.165) is 12.1 Å². The van der Waals surface area contributed by atoms with Crippen molar-refractivity contribution >= 4 is 23.2 Å². The standard InChI is InChI=1S/C22H24F3N5O2S/c1-5-29(13-17(31)27-21(2,3)4)20(32)18-26-19(16-10-7-11-33-16)30(28-18)15-9-6-8-14(12-15)22(23,24)25/h6-12H,5,13H2,1-4H3,(H,27,31). The summed E-state index contributed by atoms with van der Waals surface area (Å²) in [5, 5.41) is 8.81. The molecule has 2 amide bonds. The zero-order valence-corrected chi connectivity index (χ0v) is 19.4. The van der Waals surface area contributed by atoms with Crippen molar-refractivity contribution in [3.05, 3.63) is 53.2 Å². The highest BCUT2D eigenvalue weighted by atomic mass is 32.1. The maximum Gasteiger partial charge on any atom is 0.416 e. The number of likely N-dealkylation sites (N-methyl/N-ethyl adjacent to an activating group) is 1. The van der Waals surface area contributed by atoms with Gasteiger partial charge in [0.2, 0.25) is 11.7 Å². The molecule has 0 aliphatic rings. The van der Waals surface area contributed by atoms with E-state index < -0.39 is 23.2 Å². The second-order valence-corrected chi connectivity index (χ2v) is 9.26. The molecule has 0 unspecified atom stereocenters. The van der Waals surface area contributed by atoms with Crippen LogP contribution in [0.3, 0.4) is 0 Å². The number of aromatic nitrogens is 3. The van der Waals surface area contributed by atoms with Gasteiger partial charge in [-0.25, -0.2) is 9.67 Å². The predicted molar refractivity (Wildman–Crippen MR) is 119 cm³/mol. The number of hydrogen-bond donors (Lipinski definition) is 1. The maximum absolute atomic E-state index is 13.2. The summed E-state index contributed by atoms with van der Waals surface area (Å²) in [6.07, 6.45) is -4.53. The molecule has 0 radical (unpaired) electrons. The molecule has 0 aliphatic carbocycles. The Labute approximate surface area is 193 Å². The highest BCUT2D eigenvalue weighted by molar-refractivity contribution is 7.13. The molecule has 0 bridgehead atoms. The number of carbonyl (C=O) groups excluding carboxylic acids is 2. The Kier molecular flexibility index (Phi) is 6.92. The van der Waals surface area contributed by atoms with E-state index in [1.807, 2.05) is 20.8 Å². The van der Waals surface area contributed by atoms with Gasteiger partial charge in [-0.1, -0.05) is 12.1 Å². The summed E-state index contributed by atoms with van der Waals surface area (Å²) in [7, 11) is 0. The van der Waals surface area contributed by atoms with Crippen LogP contribution in [0.1, 0.15) is 43.9 Å². The van der Waals surface area contributed by atoms with Crippen LogP contribution in [-0.4, -0.2) is 50.1 Å². The van der Waals surface area contributed by atoms with Crippen molar-refractivity contribution in [1.82, 2.24) is 25.0 Å². The Bertz CT molecular complexity index is 1130. The first kappa shape index (κ1) is 24.4. The summed E-state index contributed by atoms with van der Waals surface area (Å²) in [4.78, 5) is 31.7. The minimum Gasteiger partial charge on any atom is -0.350 e. The van der Waals surface area contributed by atoms with Crippen molar-refractivity contribution < 1.29 is 22.8 Å². The van der Waals surface area contributed by atoms with E-state index in [4.69, 9.17) is 0 Å². The summed E-state index contributed by atoms with van der Waals surface area (Å²) < 4.78 is 40.9. The minimum absolute atomic E-state index is 0.119. The largest absolute Gasteiger partial charge is 0.416 e. The number of alkyl halides is 3. The van der Waals surface area contributed by atoms with Gasteiger partial charge >= 0.3 is 6.18 Å². The fourth-order valence-electron chi connectivity index (χ4n) is 3.06. The lowest BCUT2D eigenvalue weighted by molar-refractivity contribution is -0.137. The Morgan fingerprint density at radius 2 is 1.88 bits per heavy atom. The van der Waals surface area contributed by atoms with Crippen LogP contribution in [0.25, 0.3) is 16.4 Å². The third kappa shape index (κ3) is 5.98. The number of nitrogens with zero attached hydrogens (tertiary/aromatic N) is 4. The Morgan fingerprint density at radius 1 is 1.15 bits per heavy atom. The number of hydrogen-bond acceptors (Lipinski definition) is 5. The molecule has 2 heterocycles. The lowest BCUT2D eigenvalue weighted by atomic mass is 10.1. The Morgan fingerprint density at radius 3 is 2.45 bits per heavy atom. The molecule has 0 atom stereocenters. The fourth-order valence-corrected chi connectivity index (χ4v) is 3.76.